The van der Waals surface area contributed by atoms with Gasteiger partial charge in [0.15, 0.2) is 0 Å². The minimum atomic E-state index is -0.0876. The molecule has 2 saturated heterocycles. The fourth-order valence-corrected chi connectivity index (χ4v) is 3.18. The third-order valence-corrected chi connectivity index (χ3v) is 4.66. The third kappa shape index (κ3) is 3.93. The standard InChI is InChI=1S/C16H20ClN3O3/c17-13-2-1-7-18-15(13)23-12-5-8-20(9-6-12)16(22)11-3-4-14(21)19-10-11/h1-2,7,11-12H,3-6,8-10H2,(H,19,21). The number of nitrogens with one attached hydrogen (secondary N) is 1. The second-order valence-electron chi connectivity index (χ2n) is 5.97. The Morgan fingerprint density at radius 1 is 1.35 bits per heavy atom. The second kappa shape index (κ2) is 7.17. The van der Waals surface area contributed by atoms with Gasteiger partial charge in [0.25, 0.3) is 0 Å². The molecule has 3 rings (SSSR count). The molecule has 23 heavy (non-hydrogen) atoms. The number of aromatic nitrogens is 1. The Kier molecular flexibility index (Phi) is 5.00. The van der Waals surface area contributed by atoms with Crippen LogP contribution in [0.3, 0.4) is 0 Å². The van der Waals surface area contributed by atoms with Crippen molar-refractivity contribution in [1.29, 1.82) is 0 Å². The molecule has 2 aliphatic rings. The van der Waals surface area contributed by atoms with Crippen LogP contribution in [0.4, 0.5) is 0 Å². The summed E-state index contributed by atoms with van der Waals surface area (Å²) in [5.41, 5.74) is 0. The number of carbonyl (C=O) groups is 2. The molecule has 1 aromatic heterocycles. The first-order chi connectivity index (χ1) is 11.1. The molecule has 2 fully saturated rings. The van der Waals surface area contributed by atoms with Crippen LogP contribution < -0.4 is 10.1 Å². The molecule has 0 saturated carbocycles. The van der Waals surface area contributed by atoms with Crippen LogP contribution in [-0.4, -0.2) is 47.4 Å². The van der Waals surface area contributed by atoms with E-state index in [1.54, 1.807) is 18.3 Å². The highest BCUT2D eigenvalue weighted by atomic mass is 35.5. The molecule has 1 atom stereocenters. The van der Waals surface area contributed by atoms with E-state index in [0.717, 1.165) is 12.8 Å². The molecule has 1 N–H and O–H groups in total. The van der Waals surface area contributed by atoms with Gasteiger partial charge in [0.1, 0.15) is 11.1 Å². The summed E-state index contributed by atoms with van der Waals surface area (Å²) in [6, 6.07) is 3.51. The Hall–Kier alpha value is -1.82. The number of amides is 2. The molecule has 124 valence electrons. The largest absolute Gasteiger partial charge is 0.473 e. The molecule has 3 heterocycles. The van der Waals surface area contributed by atoms with Crippen molar-refractivity contribution >= 4 is 23.4 Å². The predicted molar refractivity (Wildman–Crippen MR) is 85.2 cm³/mol. The average molecular weight is 338 g/mol. The van der Waals surface area contributed by atoms with Crippen molar-refractivity contribution in [3.05, 3.63) is 23.4 Å². The van der Waals surface area contributed by atoms with Crippen LogP contribution in [0, 0.1) is 5.92 Å². The number of nitrogens with zero attached hydrogens (tertiary/aromatic N) is 2. The lowest BCUT2D eigenvalue weighted by molar-refractivity contribution is -0.139. The summed E-state index contributed by atoms with van der Waals surface area (Å²) in [6.45, 7) is 1.79. The van der Waals surface area contributed by atoms with Crippen molar-refractivity contribution in [2.45, 2.75) is 31.8 Å². The molecule has 1 unspecified atom stereocenters. The van der Waals surface area contributed by atoms with Crippen molar-refractivity contribution in [3.63, 3.8) is 0 Å². The normalized spacial score (nSPS) is 22.6. The Balaban J connectivity index is 1.49. The van der Waals surface area contributed by atoms with Crippen molar-refractivity contribution in [2.75, 3.05) is 19.6 Å². The van der Waals surface area contributed by atoms with Gasteiger partial charge in [0.2, 0.25) is 17.7 Å². The first-order valence-electron chi connectivity index (χ1n) is 7.96. The zero-order valence-corrected chi connectivity index (χ0v) is 13.6. The van der Waals surface area contributed by atoms with Gasteiger partial charge >= 0.3 is 0 Å². The van der Waals surface area contributed by atoms with Crippen molar-refractivity contribution in [3.8, 4) is 5.88 Å². The summed E-state index contributed by atoms with van der Waals surface area (Å²) in [5, 5.41) is 3.27. The molecule has 0 bridgehead atoms. The maximum atomic E-state index is 12.5. The quantitative estimate of drug-likeness (QED) is 0.910. The van der Waals surface area contributed by atoms with Crippen LogP contribution in [0.15, 0.2) is 18.3 Å². The van der Waals surface area contributed by atoms with Crippen LogP contribution in [0.1, 0.15) is 25.7 Å². The minimum Gasteiger partial charge on any atom is -0.473 e. The summed E-state index contributed by atoms with van der Waals surface area (Å²) in [4.78, 5) is 29.7. The number of likely N-dealkylation sites (tertiary alicyclic amines) is 1. The highest BCUT2D eigenvalue weighted by molar-refractivity contribution is 6.31. The van der Waals surface area contributed by atoms with E-state index in [9.17, 15) is 9.59 Å². The first-order valence-corrected chi connectivity index (χ1v) is 8.34. The van der Waals surface area contributed by atoms with Crippen LogP contribution in [0.25, 0.3) is 0 Å². The number of piperidine rings is 2. The van der Waals surface area contributed by atoms with Gasteiger partial charge in [-0.3, -0.25) is 9.59 Å². The predicted octanol–water partition coefficient (Wildman–Crippen LogP) is 1.63. The Morgan fingerprint density at radius 3 is 2.78 bits per heavy atom. The van der Waals surface area contributed by atoms with Gasteiger partial charge in [-0.15, -0.1) is 0 Å². The summed E-state index contributed by atoms with van der Waals surface area (Å²) in [6.07, 6.45) is 4.28. The Morgan fingerprint density at radius 2 is 2.13 bits per heavy atom. The van der Waals surface area contributed by atoms with E-state index in [0.29, 0.717) is 43.4 Å². The van der Waals surface area contributed by atoms with Crippen LogP contribution in [-0.2, 0) is 9.59 Å². The lowest BCUT2D eigenvalue weighted by atomic mass is 9.96. The monoisotopic (exact) mass is 337 g/mol. The number of ether oxygens (including phenoxy) is 1. The molecule has 7 heteroatoms. The molecular weight excluding hydrogens is 318 g/mol. The number of pyridine rings is 1. The zero-order chi connectivity index (χ0) is 16.2. The number of hydrogen-bond donors (Lipinski definition) is 1. The number of halogens is 1. The zero-order valence-electron chi connectivity index (χ0n) is 12.8. The molecule has 1 aromatic rings. The molecule has 6 nitrogen and oxygen atoms in total. The molecule has 0 aromatic carbocycles. The number of carbonyl (C=O) groups excluding carboxylic acids is 2. The van der Waals surface area contributed by atoms with Gasteiger partial charge in [0, 0.05) is 45.1 Å². The Labute approximate surface area is 140 Å². The van der Waals surface area contributed by atoms with E-state index in [1.807, 2.05) is 4.90 Å². The maximum absolute atomic E-state index is 12.5. The lowest BCUT2D eigenvalue weighted by Gasteiger charge is -2.35. The molecule has 0 spiro atoms. The summed E-state index contributed by atoms with van der Waals surface area (Å²) in [5.74, 6) is 0.539. The summed E-state index contributed by atoms with van der Waals surface area (Å²) >= 11 is 6.05. The second-order valence-corrected chi connectivity index (χ2v) is 6.38. The van der Waals surface area contributed by atoms with Crippen molar-refractivity contribution in [2.24, 2.45) is 5.92 Å². The van der Waals surface area contributed by atoms with Gasteiger partial charge in [-0.2, -0.15) is 0 Å². The van der Waals surface area contributed by atoms with E-state index in [1.165, 1.54) is 0 Å². The topological polar surface area (TPSA) is 71.5 Å². The van der Waals surface area contributed by atoms with E-state index in [2.05, 4.69) is 10.3 Å². The van der Waals surface area contributed by atoms with Crippen molar-refractivity contribution in [1.82, 2.24) is 15.2 Å². The highest BCUT2D eigenvalue weighted by Gasteiger charge is 2.31. The molecule has 0 aliphatic carbocycles. The Bertz CT molecular complexity index is 578. The minimum absolute atomic E-state index is 0.0255. The molecule has 2 amide bonds. The van der Waals surface area contributed by atoms with Gasteiger partial charge in [0.05, 0.1) is 5.92 Å². The van der Waals surface area contributed by atoms with Gasteiger partial charge in [-0.1, -0.05) is 11.6 Å². The van der Waals surface area contributed by atoms with Crippen molar-refractivity contribution < 1.29 is 14.3 Å². The fraction of sp³-hybridized carbons (Fsp3) is 0.562. The third-order valence-electron chi connectivity index (χ3n) is 4.37. The van der Waals surface area contributed by atoms with E-state index >= 15 is 0 Å². The van der Waals surface area contributed by atoms with Gasteiger partial charge in [-0.05, 0) is 18.6 Å². The van der Waals surface area contributed by atoms with Gasteiger partial charge < -0.3 is 15.0 Å². The van der Waals surface area contributed by atoms with E-state index < -0.39 is 0 Å². The number of hydrogen-bond acceptors (Lipinski definition) is 4. The number of rotatable bonds is 3. The maximum Gasteiger partial charge on any atom is 0.232 e. The SMILES string of the molecule is O=C1CCC(C(=O)N2CCC(Oc3ncccc3Cl)CC2)CN1. The van der Waals surface area contributed by atoms with E-state index in [4.69, 9.17) is 16.3 Å². The fourth-order valence-electron chi connectivity index (χ4n) is 3.01. The molecule has 0 radical (unpaired) electrons. The highest BCUT2D eigenvalue weighted by Crippen LogP contribution is 2.25. The smallest absolute Gasteiger partial charge is 0.232 e. The van der Waals surface area contributed by atoms with Crippen LogP contribution in [0.5, 0.6) is 5.88 Å². The summed E-state index contributed by atoms with van der Waals surface area (Å²) < 4.78 is 5.84. The first kappa shape index (κ1) is 16.1. The molecule has 2 aliphatic heterocycles. The van der Waals surface area contributed by atoms with Gasteiger partial charge in [-0.25, -0.2) is 4.98 Å². The van der Waals surface area contributed by atoms with E-state index in [-0.39, 0.29) is 23.8 Å². The average Bonchev–Trinajstić information content (AvgIpc) is 2.58. The lowest BCUT2D eigenvalue weighted by Crippen LogP contribution is -2.48. The van der Waals surface area contributed by atoms with Crippen LogP contribution in [0.2, 0.25) is 5.02 Å². The molecular formula is C16H20ClN3O3. The summed E-state index contributed by atoms with van der Waals surface area (Å²) in [7, 11) is 0. The van der Waals surface area contributed by atoms with Crippen LogP contribution >= 0.6 is 11.6 Å².